The number of hydrogen-bond acceptors (Lipinski definition) is 5. The number of thioether (sulfide) groups is 1. The summed E-state index contributed by atoms with van der Waals surface area (Å²) in [5.74, 6) is 1.54. The normalized spacial score (nSPS) is 15.7. The van der Waals surface area contributed by atoms with Crippen LogP contribution in [0.4, 0.5) is 0 Å². The number of furan rings is 1. The van der Waals surface area contributed by atoms with Crippen LogP contribution in [0.25, 0.3) is 11.6 Å². The summed E-state index contributed by atoms with van der Waals surface area (Å²) in [6, 6.07) is 14.3. The number of carbonyl (C=O) groups is 1. The molecule has 1 atom stereocenters. The molecule has 1 unspecified atom stereocenters. The van der Waals surface area contributed by atoms with Gasteiger partial charge in [0.05, 0.1) is 18.1 Å². The molecule has 1 saturated carbocycles. The van der Waals surface area contributed by atoms with Crippen molar-refractivity contribution in [1.82, 2.24) is 19.7 Å². The molecule has 4 rings (SSSR count). The molecule has 0 saturated heterocycles. The molecule has 1 aromatic carbocycles. The van der Waals surface area contributed by atoms with E-state index in [2.05, 4.69) is 34.2 Å². The molecular formula is C24H30N4O2S. The summed E-state index contributed by atoms with van der Waals surface area (Å²) < 4.78 is 7.63. The number of nitrogens with zero attached hydrogens (tertiary/aromatic N) is 4. The van der Waals surface area contributed by atoms with E-state index in [-0.39, 0.29) is 11.2 Å². The van der Waals surface area contributed by atoms with Crippen molar-refractivity contribution < 1.29 is 9.21 Å². The Kier molecular flexibility index (Phi) is 7.12. The maximum Gasteiger partial charge on any atom is 0.236 e. The first kappa shape index (κ1) is 21.7. The first-order valence-electron chi connectivity index (χ1n) is 11.2. The molecule has 0 aliphatic heterocycles. The van der Waals surface area contributed by atoms with Crippen LogP contribution in [0.15, 0.2) is 58.3 Å². The highest BCUT2D eigenvalue weighted by molar-refractivity contribution is 8.00. The van der Waals surface area contributed by atoms with E-state index in [0.29, 0.717) is 24.2 Å². The molecule has 0 spiro atoms. The third kappa shape index (κ3) is 5.03. The van der Waals surface area contributed by atoms with Gasteiger partial charge in [0.2, 0.25) is 11.7 Å². The molecular weight excluding hydrogens is 408 g/mol. The van der Waals surface area contributed by atoms with Gasteiger partial charge in [0.25, 0.3) is 0 Å². The smallest absolute Gasteiger partial charge is 0.236 e. The van der Waals surface area contributed by atoms with Crippen molar-refractivity contribution in [2.45, 2.75) is 68.9 Å². The number of rotatable bonds is 8. The van der Waals surface area contributed by atoms with Crippen LogP contribution in [-0.2, 0) is 11.3 Å². The van der Waals surface area contributed by atoms with Crippen LogP contribution in [0, 0.1) is 0 Å². The van der Waals surface area contributed by atoms with Crippen molar-refractivity contribution in [2.24, 2.45) is 0 Å². The Bertz CT molecular complexity index is 965. The van der Waals surface area contributed by atoms with Gasteiger partial charge in [-0.1, -0.05) is 61.4 Å². The van der Waals surface area contributed by atoms with E-state index in [4.69, 9.17) is 4.42 Å². The molecule has 3 aromatic rings. The summed E-state index contributed by atoms with van der Waals surface area (Å²) in [6.07, 6.45) is 7.58. The summed E-state index contributed by atoms with van der Waals surface area (Å²) in [7, 11) is 0. The van der Waals surface area contributed by atoms with E-state index < -0.39 is 0 Å². The van der Waals surface area contributed by atoms with E-state index in [1.165, 1.54) is 31.0 Å². The van der Waals surface area contributed by atoms with E-state index in [0.717, 1.165) is 30.1 Å². The first-order valence-corrected chi connectivity index (χ1v) is 12.0. The topological polar surface area (TPSA) is 64.2 Å². The molecule has 7 heteroatoms. The minimum atomic E-state index is -0.231. The lowest BCUT2D eigenvalue weighted by atomic mass is 9.94. The Morgan fingerprint density at radius 2 is 1.94 bits per heavy atom. The van der Waals surface area contributed by atoms with Crippen LogP contribution in [0.3, 0.4) is 0 Å². The number of carbonyl (C=O) groups excluding carboxylic acids is 1. The highest BCUT2D eigenvalue weighted by Gasteiger charge is 2.29. The van der Waals surface area contributed by atoms with Gasteiger partial charge in [-0.05, 0) is 44.4 Å². The predicted molar refractivity (Wildman–Crippen MR) is 123 cm³/mol. The van der Waals surface area contributed by atoms with Gasteiger partial charge in [-0.15, -0.1) is 10.2 Å². The zero-order valence-corrected chi connectivity index (χ0v) is 19.1. The molecule has 2 aromatic heterocycles. The lowest BCUT2D eigenvalue weighted by Crippen LogP contribution is -2.44. The molecule has 2 heterocycles. The largest absolute Gasteiger partial charge is 0.461 e. The fraction of sp³-hybridized carbons (Fsp3) is 0.458. The van der Waals surface area contributed by atoms with Gasteiger partial charge >= 0.3 is 0 Å². The SMILES string of the molecule is CCN(C(=O)C(C)Sc1nnc(-c2ccco2)n1Cc1ccccc1)C1CCCCC1. The van der Waals surface area contributed by atoms with Crippen molar-refractivity contribution >= 4 is 17.7 Å². The maximum atomic E-state index is 13.3. The van der Waals surface area contributed by atoms with Gasteiger partial charge in [0.15, 0.2) is 10.9 Å². The first-order chi connectivity index (χ1) is 15.2. The van der Waals surface area contributed by atoms with Crippen LogP contribution in [0.5, 0.6) is 0 Å². The van der Waals surface area contributed by atoms with Crippen molar-refractivity contribution in [2.75, 3.05) is 6.54 Å². The monoisotopic (exact) mass is 438 g/mol. The van der Waals surface area contributed by atoms with E-state index in [1.54, 1.807) is 6.26 Å². The van der Waals surface area contributed by atoms with Crippen molar-refractivity contribution in [1.29, 1.82) is 0 Å². The molecule has 0 bridgehead atoms. The Balaban J connectivity index is 1.56. The third-order valence-corrected chi connectivity index (χ3v) is 6.98. The van der Waals surface area contributed by atoms with Crippen LogP contribution < -0.4 is 0 Å². The Labute approximate surface area is 188 Å². The Morgan fingerprint density at radius 3 is 2.61 bits per heavy atom. The predicted octanol–water partition coefficient (Wildman–Crippen LogP) is 5.25. The molecule has 0 radical (unpaired) electrons. The summed E-state index contributed by atoms with van der Waals surface area (Å²) in [5.41, 5.74) is 1.15. The molecule has 31 heavy (non-hydrogen) atoms. The standard InChI is InChI=1S/C24H30N4O2S/c1-3-27(20-13-8-5-9-14-20)23(29)18(2)31-24-26-25-22(21-15-10-16-30-21)28(24)17-19-11-6-4-7-12-19/h4,6-7,10-12,15-16,18,20H,3,5,8-9,13-14,17H2,1-2H3. The van der Waals surface area contributed by atoms with Gasteiger partial charge in [-0.3, -0.25) is 9.36 Å². The van der Waals surface area contributed by atoms with Gasteiger partial charge in [0.1, 0.15) is 0 Å². The summed E-state index contributed by atoms with van der Waals surface area (Å²) in [5, 5.41) is 9.33. The van der Waals surface area contributed by atoms with Crippen molar-refractivity contribution in [3.05, 3.63) is 54.3 Å². The van der Waals surface area contributed by atoms with Crippen LogP contribution >= 0.6 is 11.8 Å². The van der Waals surface area contributed by atoms with E-state index in [9.17, 15) is 4.79 Å². The quantitative estimate of drug-likeness (QED) is 0.450. The summed E-state index contributed by atoms with van der Waals surface area (Å²) >= 11 is 1.48. The third-order valence-electron chi connectivity index (χ3n) is 5.91. The zero-order valence-electron chi connectivity index (χ0n) is 18.2. The lowest BCUT2D eigenvalue weighted by molar-refractivity contribution is -0.133. The Hall–Kier alpha value is -2.54. The summed E-state index contributed by atoms with van der Waals surface area (Å²) in [4.78, 5) is 15.4. The van der Waals surface area contributed by atoms with Gasteiger partial charge in [0, 0.05) is 12.6 Å². The lowest BCUT2D eigenvalue weighted by Gasteiger charge is -2.35. The molecule has 6 nitrogen and oxygen atoms in total. The van der Waals surface area contributed by atoms with Crippen LogP contribution in [0.2, 0.25) is 0 Å². The highest BCUT2D eigenvalue weighted by Crippen LogP contribution is 2.30. The minimum Gasteiger partial charge on any atom is -0.461 e. The molecule has 0 N–H and O–H groups in total. The summed E-state index contributed by atoms with van der Waals surface area (Å²) in [6.45, 7) is 5.43. The fourth-order valence-corrected chi connectivity index (χ4v) is 5.22. The molecule has 164 valence electrons. The number of aromatic nitrogens is 3. The van der Waals surface area contributed by atoms with Gasteiger partial charge in [-0.25, -0.2) is 0 Å². The highest BCUT2D eigenvalue weighted by atomic mass is 32.2. The van der Waals surface area contributed by atoms with Crippen LogP contribution in [-0.4, -0.2) is 43.4 Å². The molecule has 1 fully saturated rings. The maximum absolute atomic E-state index is 13.3. The van der Waals surface area contributed by atoms with E-state index >= 15 is 0 Å². The van der Waals surface area contributed by atoms with Crippen molar-refractivity contribution in [3.8, 4) is 11.6 Å². The average Bonchev–Trinajstić information content (AvgIpc) is 3.46. The second kappa shape index (κ2) is 10.2. The fourth-order valence-electron chi connectivity index (χ4n) is 4.30. The molecule has 1 amide bonds. The number of amides is 1. The molecule has 1 aliphatic carbocycles. The second-order valence-electron chi connectivity index (χ2n) is 8.03. The van der Waals surface area contributed by atoms with Crippen LogP contribution in [0.1, 0.15) is 51.5 Å². The van der Waals surface area contributed by atoms with Crippen molar-refractivity contribution in [3.63, 3.8) is 0 Å². The number of hydrogen-bond donors (Lipinski definition) is 0. The second-order valence-corrected chi connectivity index (χ2v) is 9.34. The zero-order chi connectivity index (χ0) is 21.6. The van der Waals surface area contributed by atoms with Gasteiger partial charge < -0.3 is 9.32 Å². The number of benzene rings is 1. The minimum absolute atomic E-state index is 0.188. The Morgan fingerprint density at radius 1 is 1.16 bits per heavy atom. The van der Waals surface area contributed by atoms with Gasteiger partial charge in [-0.2, -0.15) is 0 Å². The molecule has 1 aliphatic rings. The average molecular weight is 439 g/mol. The van der Waals surface area contributed by atoms with E-state index in [1.807, 2.05) is 41.8 Å².